The van der Waals surface area contributed by atoms with E-state index in [1.807, 2.05) is 54.7 Å². The Morgan fingerprint density at radius 1 is 1.30 bits per heavy atom. The third-order valence-electron chi connectivity index (χ3n) is 3.88. The van der Waals surface area contributed by atoms with Gasteiger partial charge in [-0.15, -0.1) is 0 Å². The Kier molecular flexibility index (Phi) is 3.42. The Bertz CT molecular complexity index is 614. The molecule has 102 valence electrons. The van der Waals surface area contributed by atoms with Gasteiger partial charge in [0.1, 0.15) is 0 Å². The van der Waals surface area contributed by atoms with Crippen molar-refractivity contribution in [3.8, 4) is 0 Å². The van der Waals surface area contributed by atoms with E-state index in [1.54, 1.807) is 0 Å². The minimum Gasteiger partial charge on any atom is -0.367 e. The summed E-state index contributed by atoms with van der Waals surface area (Å²) < 4.78 is 0. The summed E-state index contributed by atoms with van der Waals surface area (Å²) in [6.45, 7) is 0. The van der Waals surface area contributed by atoms with Crippen LogP contribution >= 0.6 is 0 Å². The average Bonchev–Trinajstić information content (AvgIpc) is 3.06. The lowest BCUT2D eigenvalue weighted by molar-refractivity contribution is -0.124. The van der Waals surface area contributed by atoms with Crippen molar-refractivity contribution in [2.75, 3.05) is 7.05 Å². The average molecular weight is 266 g/mol. The first-order valence-electron chi connectivity index (χ1n) is 6.88. The highest BCUT2D eigenvalue weighted by atomic mass is 16.2. The van der Waals surface area contributed by atoms with Crippen LogP contribution in [-0.4, -0.2) is 28.9 Å². The fraction of sp³-hybridized carbons (Fsp3) is 0.235. The fourth-order valence-electron chi connectivity index (χ4n) is 2.71. The Hall–Kier alpha value is -2.29. The lowest BCUT2D eigenvalue weighted by Crippen LogP contribution is -2.30. The van der Waals surface area contributed by atoms with Crippen LogP contribution in [0.4, 0.5) is 0 Å². The summed E-state index contributed by atoms with van der Waals surface area (Å²) >= 11 is 0. The van der Waals surface area contributed by atoms with Gasteiger partial charge in [0.25, 0.3) is 0 Å². The summed E-state index contributed by atoms with van der Waals surface area (Å²) in [5.41, 5.74) is 3.23. The predicted molar refractivity (Wildman–Crippen MR) is 80.1 cm³/mol. The molecule has 1 aromatic carbocycles. The molecule has 1 atom stereocenters. The molecular formula is C17H18N2O. The van der Waals surface area contributed by atoms with Crippen LogP contribution in [0.3, 0.4) is 0 Å². The first-order chi connectivity index (χ1) is 9.74. The van der Waals surface area contributed by atoms with Crippen molar-refractivity contribution in [1.82, 2.24) is 9.88 Å². The third-order valence-corrected chi connectivity index (χ3v) is 3.88. The molecule has 0 saturated carbocycles. The Labute approximate surface area is 118 Å². The second-order valence-corrected chi connectivity index (χ2v) is 5.28. The lowest BCUT2D eigenvalue weighted by Gasteiger charge is -2.19. The van der Waals surface area contributed by atoms with Crippen LogP contribution < -0.4 is 0 Å². The number of carbonyl (C=O) groups is 1. The SMILES string of the molecule is CN1C(=O)/C(=C/c2cc[nH]c2)C[C@@H]1Cc1ccccc1. The molecule has 1 amide bonds. The maximum Gasteiger partial charge on any atom is 0.249 e. The molecule has 20 heavy (non-hydrogen) atoms. The van der Waals surface area contributed by atoms with Crippen molar-refractivity contribution >= 4 is 12.0 Å². The zero-order valence-electron chi connectivity index (χ0n) is 11.5. The van der Waals surface area contributed by atoms with Crippen molar-refractivity contribution in [1.29, 1.82) is 0 Å². The van der Waals surface area contributed by atoms with E-state index in [0.29, 0.717) is 0 Å². The van der Waals surface area contributed by atoms with Gasteiger partial charge in [0, 0.05) is 31.1 Å². The van der Waals surface area contributed by atoms with Crippen molar-refractivity contribution in [2.24, 2.45) is 0 Å². The third kappa shape index (κ3) is 2.52. The molecule has 0 radical (unpaired) electrons. The predicted octanol–water partition coefficient (Wildman–Crippen LogP) is 2.87. The van der Waals surface area contributed by atoms with Crippen LogP contribution in [0.25, 0.3) is 6.08 Å². The van der Waals surface area contributed by atoms with Crippen LogP contribution in [0.1, 0.15) is 17.5 Å². The van der Waals surface area contributed by atoms with E-state index in [0.717, 1.165) is 24.0 Å². The van der Waals surface area contributed by atoms with E-state index >= 15 is 0 Å². The minimum atomic E-state index is 0.145. The summed E-state index contributed by atoms with van der Waals surface area (Å²) in [5, 5.41) is 0. The second kappa shape index (κ2) is 5.37. The largest absolute Gasteiger partial charge is 0.367 e. The summed E-state index contributed by atoms with van der Waals surface area (Å²) in [6.07, 6.45) is 7.49. The number of aromatic nitrogens is 1. The van der Waals surface area contributed by atoms with Gasteiger partial charge in [-0.2, -0.15) is 0 Å². The number of nitrogens with one attached hydrogen (secondary N) is 1. The van der Waals surface area contributed by atoms with Crippen LogP contribution in [0.5, 0.6) is 0 Å². The molecule has 1 saturated heterocycles. The molecule has 1 fully saturated rings. The highest BCUT2D eigenvalue weighted by Gasteiger charge is 2.32. The number of aromatic amines is 1. The molecule has 0 bridgehead atoms. The molecule has 1 aliphatic heterocycles. The quantitative estimate of drug-likeness (QED) is 0.852. The number of carbonyl (C=O) groups excluding carboxylic acids is 1. The molecule has 2 aromatic rings. The number of likely N-dealkylation sites (N-methyl/N-ethyl adjacent to an activating group) is 1. The zero-order valence-corrected chi connectivity index (χ0v) is 11.5. The summed E-state index contributed by atoms with van der Waals surface area (Å²) in [7, 11) is 1.90. The first kappa shape index (κ1) is 12.7. The van der Waals surface area contributed by atoms with E-state index in [-0.39, 0.29) is 11.9 Å². The van der Waals surface area contributed by atoms with E-state index in [9.17, 15) is 4.79 Å². The summed E-state index contributed by atoms with van der Waals surface area (Å²) in [6, 6.07) is 12.6. The topological polar surface area (TPSA) is 36.1 Å². The Balaban J connectivity index is 1.77. The summed E-state index contributed by atoms with van der Waals surface area (Å²) in [4.78, 5) is 17.2. The van der Waals surface area contributed by atoms with Crippen molar-refractivity contribution < 1.29 is 4.79 Å². The van der Waals surface area contributed by atoms with Crippen LogP contribution in [-0.2, 0) is 11.2 Å². The number of H-pyrrole nitrogens is 1. The van der Waals surface area contributed by atoms with E-state index in [4.69, 9.17) is 0 Å². The number of hydrogen-bond donors (Lipinski definition) is 1. The highest BCUT2D eigenvalue weighted by Crippen LogP contribution is 2.27. The van der Waals surface area contributed by atoms with Gasteiger partial charge in [-0.3, -0.25) is 4.79 Å². The standard InChI is InChI=1S/C17H18N2O/c1-19-16(10-13-5-3-2-4-6-13)11-15(17(19)20)9-14-7-8-18-12-14/h2-9,12,16,18H,10-11H2,1H3/b15-9+/t16-/m0/s1. The minimum absolute atomic E-state index is 0.145. The molecular weight excluding hydrogens is 248 g/mol. The van der Waals surface area contributed by atoms with Crippen LogP contribution in [0, 0.1) is 0 Å². The van der Waals surface area contributed by atoms with Crippen molar-refractivity contribution in [3.05, 3.63) is 65.5 Å². The monoisotopic (exact) mass is 266 g/mol. The van der Waals surface area contributed by atoms with Gasteiger partial charge in [-0.1, -0.05) is 30.3 Å². The Morgan fingerprint density at radius 3 is 2.80 bits per heavy atom. The molecule has 0 spiro atoms. The maximum atomic E-state index is 12.3. The van der Waals surface area contributed by atoms with Crippen molar-refractivity contribution in [3.63, 3.8) is 0 Å². The first-order valence-corrected chi connectivity index (χ1v) is 6.88. The lowest BCUT2D eigenvalue weighted by atomic mass is 10.0. The van der Waals surface area contributed by atoms with Crippen molar-refractivity contribution in [2.45, 2.75) is 18.9 Å². The number of amides is 1. The molecule has 0 aliphatic carbocycles. The molecule has 3 heteroatoms. The van der Waals surface area contributed by atoms with Gasteiger partial charge in [0.2, 0.25) is 5.91 Å². The molecule has 3 nitrogen and oxygen atoms in total. The molecule has 3 rings (SSSR count). The molecule has 0 unspecified atom stereocenters. The number of nitrogens with zero attached hydrogens (tertiary/aromatic N) is 1. The van der Waals surface area contributed by atoms with Gasteiger partial charge in [0.15, 0.2) is 0 Å². The second-order valence-electron chi connectivity index (χ2n) is 5.28. The molecule has 1 aliphatic rings. The highest BCUT2D eigenvalue weighted by molar-refractivity contribution is 6.00. The van der Waals surface area contributed by atoms with Crippen LogP contribution in [0.15, 0.2) is 54.4 Å². The number of likely N-dealkylation sites (tertiary alicyclic amines) is 1. The Morgan fingerprint density at radius 2 is 2.10 bits per heavy atom. The van der Waals surface area contributed by atoms with Gasteiger partial charge < -0.3 is 9.88 Å². The van der Waals surface area contributed by atoms with Gasteiger partial charge in [0.05, 0.1) is 0 Å². The van der Waals surface area contributed by atoms with E-state index in [1.165, 1.54) is 5.56 Å². The van der Waals surface area contributed by atoms with Crippen LogP contribution in [0.2, 0.25) is 0 Å². The normalized spacial score (nSPS) is 20.9. The maximum absolute atomic E-state index is 12.3. The number of rotatable bonds is 3. The zero-order chi connectivity index (χ0) is 13.9. The molecule has 2 heterocycles. The van der Waals surface area contributed by atoms with Gasteiger partial charge >= 0.3 is 0 Å². The number of benzene rings is 1. The van der Waals surface area contributed by atoms with Gasteiger partial charge in [-0.25, -0.2) is 0 Å². The summed E-state index contributed by atoms with van der Waals surface area (Å²) in [5.74, 6) is 0.145. The fourth-order valence-corrected chi connectivity index (χ4v) is 2.71. The van der Waals surface area contributed by atoms with E-state index < -0.39 is 0 Å². The van der Waals surface area contributed by atoms with E-state index in [2.05, 4.69) is 17.1 Å². The van der Waals surface area contributed by atoms with Gasteiger partial charge in [-0.05, 0) is 36.1 Å². The molecule has 1 N–H and O–H groups in total. The smallest absolute Gasteiger partial charge is 0.249 e. The molecule has 1 aromatic heterocycles. The number of hydrogen-bond acceptors (Lipinski definition) is 1.